The van der Waals surface area contributed by atoms with Gasteiger partial charge in [-0.1, -0.05) is 48.5 Å². The highest BCUT2D eigenvalue weighted by atomic mass is 28.4. The zero-order valence-electron chi connectivity index (χ0n) is 18.7. The topological polar surface area (TPSA) is 68.2 Å². The van der Waals surface area contributed by atoms with Gasteiger partial charge in [-0.3, -0.25) is 0 Å². The average molecular weight is 407 g/mol. The van der Waals surface area contributed by atoms with Crippen molar-refractivity contribution in [3.63, 3.8) is 0 Å². The van der Waals surface area contributed by atoms with Crippen molar-refractivity contribution in [3.8, 4) is 0 Å². The molecule has 0 saturated carbocycles. The van der Waals surface area contributed by atoms with Crippen LogP contribution in [0.3, 0.4) is 0 Å². The first-order valence-corrected chi connectivity index (χ1v) is 15.6. The average Bonchev–Trinajstić information content (AvgIpc) is 2.43. The maximum Gasteiger partial charge on any atom is 0.192 e. The van der Waals surface area contributed by atoms with Gasteiger partial charge < -0.3 is 23.8 Å². The number of rotatable bonds is 5. The first kappa shape index (κ1) is 24.3. The van der Waals surface area contributed by atoms with Crippen LogP contribution in [-0.2, 0) is 13.6 Å². The summed E-state index contributed by atoms with van der Waals surface area (Å²) < 4.78 is 18.7. The number of hydrogen-bond acceptors (Lipinski definition) is 5. The van der Waals surface area contributed by atoms with Crippen molar-refractivity contribution in [1.29, 1.82) is 0 Å². The van der Waals surface area contributed by atoms with E-state index in [2.05, 4.69) is 67.7 Å². The Kier molecular flexibility index (Phi) is 7.40. The molecular formula is C19H42O5Si2. The lowest BCUT2D eigenvalue weighted by molar-refractivity contribution is -0.261. The van der Waals surface area contributed by atoms with Crippen molar-refractivity contribution in [3.05, 3.63) is 0 Å². The van der Waals surface area contributed by atoms with Crippen LogP contribution >= 0.6 is 0 Å². The van der Waals surface area contributed by atoms with E-state index >= 15 is 0 Å². The Morgan fingerprint density at radius 3 is 1.77 bits per heavy atom. The third-order valence-corrected chi connectivity index (χ3v) is 15.6. The molecule has 1 unspecified atom stereocenters. The van der Waals surface area contributed by atoms with E-state index in [1.807, 2.05) is 0 Å². The molecule has 0 aromatic heterocycles. The normalized spacial score (nSPS) is 32.0. The zero-order valence-corrected chi connectivity index (χ0v) is 20.7. The molecule has 1 aliphatic rings. The summed E-state index contributed by atoms with van der Waals surface area (Å²) in [7, 11) is -4.07. The smallest absolute Gasteiger partial charge is 0.192 e. The molecule has 0 spiro atoms. The van der Waals surface area contributed by atoms with Crippen LogP contribution in [0.2, 0.25) is 36.3 Å². The molecule has 1 rings (SSSR count). The van der Waals surface area contributed by atoms with E-state index in [0.717, 1.165) is 0 Å². The third-order valence-electron chi connectivity index (χ3n) is 6.66. The van der Waals surface area contributed by atoms with Gasteiger partial charge in [-0.2, -0.15) is 0 Å². The molecule has 156 valence electrons. The van der Waals surface area contributed by atoms with Crippen molar-refractivity contribution in [2.24, 2.45) is 5.92 Å². The number of aliphatic hydroxyl groups excluding tert-OH is 2. The standard InChI is InChI=1S/C19H42O5Si2/c1-13-15(20)16(24-26(10,11)19(5,6)7)14(23-17(13)21)12-22-25(8,9)18(2,3)4/h13-17,20-21H,12H2,1-11H3/t13-,14+,15+,16+,17?/m1/s1. The number of hydrogen-bond donors (Lipinski definition) is 2. The molecule has 5 nitrogen and oxygen atoms in total. The Hall–Kier alpha value is 0.234. The lowest BCUT2D eigenvalue weighted by Gasteiger charge is -2.48. The van der Waals surface area contributed by atoms with E-state index in [1.54, 1.807) is 6.92 Å². The summed E-state index contributed by atoms with van der Waals surface area (Å²) in [5, 5.41) is 21.1. The largest absolute Gasteiger partial charge is 0.414 e. The zero-order chi connectivity index (χ0) is 20.7. The second-order valence-electron chi connectivity index (χ2n) is 10.8. The highest BCUT2D eigenvalue weighted by Gasteiger charge is 2.49. The maximum atomic E-state index is 10.8. The summed E-state index contributed by atoms with van der Waals surface area (Å²) in [4.78, 5) is 0. The predicted molar refractivity (Wildman–Crippen MR) is 111 cm³/mol. The van der Waals surface area contributed by atoms with Gasteiger partial charge in [0.2, 0.25) is 0 Å². The third kappa shape index (κ3) is 5.40. The predicted octanol–water partition coefficient (Wildman–Crippen LogP) is 4.11. The molecule has 26 heavy (non-hydrogen) atoms. The summed E-state index contributed by atoms with van der Waals surface area (Å²) >= 11 is 0. The van der Waals surface area contributed by atoms with Crippen molar-refractivity contribution in [2.45, 2.75) is 109 Å². The quantitative estimate of drug-likeness (QED) is 0.672. The van der Waals surface area contributed by atoms with Gasteiger partial charge in [-0.05, 0) is 36.3 Å². The molecule has 0 radical (unpaired) electrons. The first-order valence-electron chi connectivity index (χ1n) is 9.74. The van der Waals surface area contributed by atoms with Gasteiger partial charge >= 0.3 is 0 Å². The minimum absolute atomic E-state index is 0.0247. The highest BCUT2D eigenvalue weighted by Crippen LogP contribution is 2.41. The van der Waals surface area contributed by atoms with E-state index in [0.29, 0.717) is 6.61 Å². The van der Waals surface area contributed by atoms with E-state index in [4.69, 9.17) is 13.6 Å². The molecule has 1 fully saturated rings. The van der Waals surface area contributed by atoms with Crippen molar-refractivity contribution in [1.82, 2.24) is 0 Å². The van der Waals surface area contributed by atoms with Crippen molar-refractivity contribution >= 4 is 16.6 Å². The second kappa shape index (κ2) is 7.93. The molecule has 7 heteroatoms. The maximum absolute atomic E-state index is 10.8. The van der Waals surface area contributed by atoms with Gasteiger partial charge in [0.1, 0.15) is 6.10 Å². The lowest BCUT2D eigenvalue weighted by atomic mass is 9.93. The fraction of sp³-hybridized carbons (Fsp3) is 1.00. The molecule has 1 heterocycles. The van der Waals surface area contributed by atoms with Gasteiger partial charge in [0.15, 0.2) is 22.9 Å². The second-order valence-corrected chi connectivity index (χ2v) is 20.4. The van der Waals surface area contributed by atoms with Crippen LogP contribution < -0.4 is 0 Å². The summed E-state index contributed by atoms with van der Waals surface area (Å²) in [5.74, 6) is -0.395. The van der Waals surface area contributed by atoms with Crippen LogP contribution in [-0.4, -0.2) is 58.1 Å². The van der Waals surface area contributed by atoms with Crippen LogP contribution in [0.1, 0.15) is 48.5 Å². The van der Waals surface area contributed by atoms with Gasteiger partial charge in [0.05, 0.1) is 18.8 Å². The van der Waals surface area contributed by atoms with Crippen LogP contribution in [0.5, 0.6) is 0 Å². The van der Waals surface area contributed by atoms with E-state index in [-0.39, 0.29) is 10.1 Å². The van der Waals surface area contributed by atoms with Crippen molar-refractivity contribution < 1.29 is 23.8 Å². The van der Waals surface area contributed by atoms with Gasteiger partial charge in [0, 0.05) is 5.92 Å². The fourth-order valence-electron chi connectivity index (χ4n) is 2.37. The summed E-state index contributed by atoms with van der Waals surface area (Å²) in [6.45, 7) is 23.9. The summed E-state index contributed by atoms with van der Waals surface area (Å²) in [6.07, 6.45) is -2.74. The molecule has 1 saturated heterocycles. The van der Waals surface area contributed by atoms with Crippen LogP contribution in [0, 0.1) is 5.92 Å². The molecule has 0 aliphatic carbocycles. The highest BCUT2D eigenvalue weighted by molar-refractivity contribution is 6.74. The lowest BCUT2D eigenvalue weighted by Crippen LogP contribution is -2.60. The van der Waals surface area contributed by atoms with E-state index in [1.165, 1.54) is 0 Å². The Bertz CT molecular complexity index is 468. The molecule has 0 aromatic rings. The monoisotopic (exact) mass is 406 g/mol. The van der Waals surface area contributed by atoms with E-state index < -0.39 is 47.2 Å². The molecule has 2 N–H and O–H groups in total. The Balaban J connectivity index is 3.01. The number of ether oxygens (including phenoxy) is 1. The Labute approximate surface area is 162 Å². The molecule has 1 aliphatic heterocycles. The van der Waals surface area contributed by atoms with Crippen LogP contribution in [0.25, 0.3) is 0 Å². The Morgan fingerprint density at radius 1 is 0.885 bits per heavy atom. The molecular weight excluding hydrogens is 364 g/mol. The van der Waals surface area contributed by atoms with Gasteiger partial charge in [0.25, 0.3) is 0 Å². The summed E-state index contributed by atoms with van der Waals surface area (Å²) in [5.41, 5.74) is 0. The van der Waals surface area contributed by atoms with Crippen LogP contribution in [0.4, 0.5) is 0 Å². The Morgan fingerprint density at radius 2 is 1.35 bits per heavy atom. The minimum atomic E-state index is -2.10. The van der Waals surface area contributed by atoms with Gasteiger partial charge in [-0.25, -0.2) is 0 Å². The molecule has 0 aromatic carbocycles. The minimum Gasteiger partial charge on any atom is -0.414 e. The summed E-state index contributed by atoms with van der Waals surface area (Å²) in [6, 6.07) is 0. The molecule has 0 bridgehead atoms. The SMILES string of the molecule is C[C@H]1C(O)O[C@@H](CO[Si](C)(C)C(C)(C)C)[C@H](O[Si](C)(C)C(C)(C)C)[C@H]1O. The van der Waals surface area contributed by atoms with Crippen molar-refractivity contribution in [2.75, 3.05) is 6.61 Å². The molecule has 0 amide bonds. The fourth-order valence-corrected chi connectivity index (χ4v) is 4.71. The van der Waals surface area contributed by atoms with Crippen LogP contribution in [0.15, 0.2) is 0 Å². The number of aliphatic hydroxyl groups is 2. The first-order chi connectivity index (χ1) is 11.4. The van der Waals surface area contributed by atoms with E-state index in [9.17, 15) is 10.2 Å². The molecule has 5 atom stereocenters. The van der Waals surface area contributed by atoms with Gasteiger partial charge in [-0.15, -0.1) is 0 Å².